The fourth-order valence-corrected chi connectivity index (χ4v) is 4.38. The summed E-state index contributed by atoms with van der Waals surface area (Å²) in [6.45, 7) is 5.00. The van der Waals surface area contributed by atoms with Gasteiger partial charge in [0.05, 0.1) is 15.2 Å². The maximum Gasteiger partial charge on any atom is 0.275 e. The van der Waals surface area contributed by atoms with Gasteiger partial charge in [-0.1, -0.05) is 0 Å². The summed E-state index contributed by atoms with van der Waals surface area (Å²) in [7, 11) is 3.93. The predicted molar refractivity (Wildman–Crippen MR) is 108 cm³/mol. The van der Waals surface area contributed by atoms with Crippen LogP contribution in [0.1, 0.15) is 27.8 Å². The molecule has 0 spiro atoms. The first-order valence-corrected chi connectivity index (χ1v) is 10.2. The van der Waals surface area contributed by atoms with Gasteiger partial charge in [0.1, 0.15) is 12.0 Å². The first-order valence-electron chi connectivity index (χ1n) is 9.36. The number of carbonyl (C=O) groups excluding carboxylic acids is 1. The fraction of sp³-hybridized carbons (Fsp3) is 0.450. The highest BCUT2D eigenvalue weighted by Gasteiger charge is 2.24. The molecule has 148 valence electrons. The average molecular weight is 401 g/mol. The number of hydrogen-bond acceptors (Lipinski definition) is 7. The number of carbonyl (C=O) groups is 1. The molecule has 0 radical (unpaired) electrons. The van der Waals surface area contributed by atoms with E-state index in [1.165, 1.54) is 6.26 Å². The van der Waals surface area contributed by atoms with Gasteiger partial charge in [-0.3, -0.25) is 4.79 Å². The zero-order valence-corrected chi connectivity index (χ0v) is 17.2. The third kappa shape index (κ3) is 4.18. The highest BCUT2D eigenvalue weighted by molar-refractivity contribution is 7.18. The molecule has 1 atom stereocenters. The van der Waals surface area contributed by atoms with Gasteiger partial charge in [-0.25, -0.2) is 9.97 Å². The molecular weight excluding hydrogens is 376 g/mol. The van der Waals surface area contributed by atoms with Crippen molar-refractivity contribution in [3.63, 3.8) is 0 Å². The Labute approximate surface area is 167 Å². The van der Waals surface area contributed by atoms with E-state index in [0.29, 0.717) is 23.3 Å². The molecule has 1 fully saturated rings. The Balaban J connectivity index is 1.34. The molecule has 7 nitrogen and oxygen atoms in total. The molecular formula is C20H24N4O3S. The summed E-state index contributed by atoms with van der Waals surface area (Å²) < 4.78 is 12.3. The van der Waals surface area contributed by atoms with Gasteiger partial charge in [-0.15, -0.1) is 11.3 Å². The Morgan fingerprint density at radius 2 is 2.29 bits per heavy atom. The molecule has 0 N–H and O–H groups in total. The van der Waals surface area contributed by atoms with Gasteiger partial charge in [0.15, 0.2) is 12.3 Å². The quantitative estimate of drug-likeness (QED) is 0.633. The van der Waals surface area contributed by atoms with E-state index >= 15 is 0 Å². The van der Waals surface area contributed by atoms with Crippen LogP contribution in [-0.2, 0) is 6.61 Å². The Bertz CT molecular complexity index is 983. The molecule has 8 heteroatoms. The lowest BCUT2D eigenvalue weighted by molar-refractivity contribution is 0.0768. The molecule has 4 rings (SSSR count). The van der Waals surface area contributed by atoms with Gasteiger partial charge < -0.3 is 19.0 Å². The standard InChI is InChI=1S/C20H24N4O3S/c1-13-21-16-8-15(4-5-18(16)28-13)26-12-19-22-17(11-27-19)20(25)24(3)10-14-6-7-23(2)9-14/h4-5,8,11,14H,6-7,9-10,12H2,1-3H3/t14-/m1/s1. The van der Waals surface area contributed by atoms with Crippen LogP contribution in [0.3, 0.4) is 0 Å². The first kappa shape index (κ1) is 18.9. The van der Waals surface area contributed by atoms with Crippen LogP contribution in [0.25, 0.3) is 10.2 Å². The van der Waals surface area contributed by atoms with Gasteiger partial charge in [0.25, 0.3) is 5.91 Å². The summed E-state index contributed by atoms with van der Waals surface area (Å²) in [5, 5.41) is 1.02. The molecule has 0 saturated carbocycles. The van der Waals surface area contributed by atoms with Gasteiger partial charge >= 0.3 is 0 Å². The summed E-state index contributed by atoms with van der Waals surface area (Å²) in [6, 6.07) is 5.80. The summed E-state index contributed by atoms with van der Waals surface area (Å²) in [5.74, 6) is 1.47. The van der Waals surface area contributed by atoms with Crippen LogP contribution in [0, 0.1) is 12.8 Å². The molecule has 1 amide bonds. The average Bonchev–Trinajstić information content (AvgIpc) is 3.38. The van der Waals surface area contributed by atoms with Crippen LogP contribution in [0.5, 0.6) is 5.75 Å². The van der Waals surface area contributed by atoms with E-state index in [1.54, 1.807) is 16.2 Å². The molecule has 0 aliphatic carbocycles. The second-order valence-electron chi connectivity index (χ2n) is 7.38. The highest BCUT2D eigenvalue weighted by Crippen LogP contribution is 2.26. The van der Waals surface area contributed by atoms with Crippen LogP contribution in [0.4, 0.5) is 0 Å². The van der Waals surface area contributed by atoms with Crippen LogP contribution >= 0.6 is 11.3 Å². The second-order valence-corrected chi connectivity index (χ2v) is 8.61. The Morgan fingerprint density at radius 3 is 3.07 bits per heavy atom. The number of benzene rings is 1. The molecule has 0 bridgehead atoms. The summed E-state index contributed by atoms with van der Waals surface area (Å²) in [5.41, 5.74) is 1.24. The van der Waals surface area contributed by atoms with E-state index in [2.05, 4.69) is 21.9 Å². The van der Waals surface area contributed by atoms with Gasteiger partial charge in [-0.2, -0.15) is 0 Å². The van der Waals surface area contributed by atoms with Crippen LogP contribution < -0.4 is 4.74 Å². The first-order chi connectivity index (χ1) is 13.5. The molecule has 1 aromatic carbocycles. The minimum Gasteiger partial charge on any atom is -0.484 e. The maximum absolute atomic E-state index is 12.6. The number of aromatic nitrogens is 2. The second kappa shape index (κ2) is 7.89. The molecule has 1 aliphatic rings. The molecule has 3 aromatic rings. The summed E-state index contributed by atoms with van der Waals surface area (Å²) in [6.07, 6.45) is 2.53. The van der Waals surface area contributed by atoms with Gasteiger partial charge in [0.2, 0.25) is 5.89 Å². The maximum atomic E-state index is 12.6. The van der Waals surface area contributed by atoms with Crippen LogP contribution in [0.2, 0.25) is 0 Å². The predicted octanol–water partition coefficient (Wildman–Crippen LogP) is 3.20. The van der Waals surface area contributed by atoms with E-state index in [4.69, 9.17) is 9.15 Å². The molecule has 1 aliphatic heterocycles. The third-order valence-corrected chi connectivity index (χ3v) is 5.92. The number of rotatable bonds is 6. The molecule has 28 heavy (non-hydrogen) atoms. The number of fused-ring (bicyclic) bond motifs is 1. The number of aryl methyl sites for hydroxylation is 1. The van der Waals surface area contributed by atoms with Crippen molar-refractivity contribution in [2.45, 2.75) is 20.0 Å². The lowest BCUT2D eigenvalue weighted by atomic mass is 10.1. The van der Waals surface area contributed by atoms with Gasteiger partial charge in [-0.05, 0) is 45.0 Å². The van der Waals surface area contributed by atoms with Crippen molar-refractivity contribution >= 4 is 27.5 Å². The SMILES string of the molecule is Cc1nc2cc(OCc3nc(C(=O)N(C)C[C@@H]4CCN(C)C4)co3)ccc2s1. The zero-order valence-electron chi connectivity index (χ0n) is 16.3. The molecule has 3 heterocycles. The Hall–Kier alpha value is -2.45. The minimum atomic E-state index is -0.121. The van der Waals surface area contributed by atoms with Crippen molar-refractivity contribution in [3.8, 4) is 5.75 Å². The van der Waals surface area contributed by atoms with E-state index in [0.717, 1.165) is 41.3 Å². The fourth-order valence-electron chi connectivity index (χ4n) is 3.57. The Morgan fingerprint density at radius 1 is 1.43 bits per heavy atom. The van der Waals surface area contributed by atoms with Gasteiger partial charge in [0, 0.05) is 26.2 Å². The number of hydrogen-bond donors (Lipinski definition) is 0. The lowest BCUT2D eigenvalue weighted by Crippen LogP contribution is -2.33. The summed E-state index contributed by atoms with van der Waals surface area (Å²) in [4.78, 5) is 25.4. The zero-order chi connectivity index (χ0) is 19.7. The van der Waals surface area contributed by atoms with E-state index in [1.807, 2.05) is 32.2 Å². The molecule has 1 saturated heterocycles. The number of thiazole rings is 1. The largest absolute Gasteiger partial charge is 0.484 e. The van der Waals surface area contributed by atoms with Crippen molar-refractivity contribution in [3.05, 3.63) is 41.1 Å². The topological polar surface area (TPSA) is 71.7 Å². The minimum absolute atomic E-state index is 0.121. The Kier molecular flexibility index (Phi) is 5.32. The molecule has 0 unspecified atom stereocenters. The van der Waals surface area contributed by atoms with Crippen molar-refractivity contribution in [2.75, 3.05) is 33.7 Å². The van der Waals surface area contributed by atoms with Crippen molar-refractivity contribution in [1.82, 2.24) is 19.8 Å². The third-order valence-electron chi connectivity index (χ3n) is 4.97. The highest BCUT2D eigenvalue weighted by atomic mass is 32.1. The van der Waals surface area contributed by atoms with Crippen molar-refractivity contribution in [1.29, 1.82) is 0 Å². The summed E-state index contributed by atoms with van der Waals surface area (Å²) >= 11 is 1.65. The normalized spacial score (nSPS) is 17.3. The van der Waals surface area contributed by atoms with E-state index < -0.39 is 0 Å². The van der Waals surface area contributed by atoms with Crippen LogP contribution in [0.15, 0.2) is 28.9 Å². The van der Waals surface area contributed by atoms with Crippen molar-refractivity contribution < 1.29 is 13.9 Å². The van der Waals surface area contributed by atoms with Crippen molar-refractivity contribution in [2.24, 2.45) is 5.92 Å². The number of likely N-dealkylation sites (tertiary alicyclic amines) is 1. The number of nitrogens with zero attached hydrogens (tertiary/aromatic N) is 4. The molecule has 2 aromatic heterocycles. The van der Waals surface area contributed by atoms with E-state index in [9.17, 15) is 4.79 Å². The number of oxazole rings is 1. The lowest BCUT2D eigenvalue weighted by Gasteiger charge is -2.20. The monoisotopic (exact) mass is 400 g/mol. The number of amides is 1. The smallest absolute Gasteiger partial charge is 0.275 e. The van der Waals surface area contributed by atoms with E-state index in [-0.39, 0.29) is 12.5 Å². The number of ether oxygens (including phenoxy) is 1. The van der Waals surface area contributed by atoms with Crippen LogP contribution in [-0.4, -0.2) is 59.4 Å².